The van der Waals surface area contributed by atoms with E-state index in [0.29, 0.717) is 0 Å². The Balaban J connectivity index is 2.04. The number of rotatable bonds is 3. The topological polar surface area (TPSA) is 79.0 Å². The number of carbonyl (C=O) groups is 2. The molecule has 2 rings (SSSR count). The van der Waals surface area contributed by atoms with Crippen LogP contribution in [0.5, 0.6) is 0 Å². The average Bonchev–Trinajstić information content (AvgIpc) is 2.87. The highest BCUT2D eigenvalue weighted by Crippen LogP contribution is 2.20. The van der Waals surface area contributed by atoms with Crippen molar-refractivity contribution in [3.8, 4) is 0 Å². The van der Waals surface area contributed by atoms with Gasteiger partial charge in [-0.1, -0.05) is 0 Å². The van der Waals surface area contributed by atoms with Gasteiger partial charge in [0.1, 0.15) is 11.9 Å². The average molecular weight is 252 g/mol. The predicted molar refractivity (Wildman–Crippen MR) is 68.2 cm³/mol. The molecular formula is C12H20N4O2. The first-order valence-corrected chi connectivity index (χ1v) is 6.45. The third kappa shape index (κ3) is 2.32. The molecule has 2 aliphatic heterocycles. The Bertz CT molecular complexity index is 386. The standard InChI is InChI=1S/C12H20N4O2/c1-8(2)16-9(11(13)14-12(16)18)7-10(17)15-5-3-4-6-15/h8-9H,3-7H2,1-2H3,(H2,13,14,18). The number of hydrogen-bond donors (Lipinski definition) is 1. The predicted octanol–water partition coefficient (Wildman–Crippen LogP) is 0.569. The van der Waals surface area contributed by atoms with E-state index < -0.39 is 0 Å². The van der Waals surface area contributed by atoms with Gasteiger partial charge in [-0.15, -0.1) is 0 Å². The van der Waals surface area contributed by atoms with Gasteiger partial charge in [0.25, 0.3) is 0 Å². The summed E-state index contributed by atoms with van der Waals surface area (Å²) in [5.41, 5.74) is 5.76. The normalized spacial score (nSPS) is 24.1. The van der Waals surface area contributed by atoms with Crippen LogP contribution in [0, 0.1) is 0 Å². The van der Waals surface area contributed by atoms with E-state index in [9.17, 15) is 9.59 Å². The molecule has 0 aromatic rings. The van der Waals surface area contributed by atoms with Gasteiger partial charge in [0, 0.05) is 19.1 Å². The maximum atomic E-state index is 12.1. The highest BCUT2D eigenvalue weighted by molar-refractivity contribution is 6.04. The van der Waals surface area contributed by atoms with Crippen molar-refractivity contribution < 1.29 is 9.59 Å². The van der Waals surface area contributed by atoms with E-state index in [1.165, 1.54) is 0 Å². The summed E-state index contributed by atoms with van der Waals surface area (Å²) in [6, 6.07) is -0.703. The second kappa shape index (κ2) is 4.96. The van der Waals surface area contributed by atoms with Crippen LogP contribution < -0.4 is 5.73 Å². The van der Waals surface area contributed by atoms with Gasteiger partial charge in [-0.05, 0) is 26.7 Å². The Morgan fingerprint density at radius 1 is 1.44 bits per heavy atom. The number of carbonyl (C=O) groups excluding carboxylic acids is 2. The molecule has 6 nitrogen and oxygen atoms in total. The minimum absolute atomic E-state index is 0.00122. The third-order valence-corrected chi connectivity index (χ3v) is 3.51. The summed E-state index contributed by atoms with van der Waals surface area (Å²) < 4.78 is 0. The molecule has 0 spiro atoms. The molecule has 100 valence electrons. The van der Waals surface area contributed by atoms with E-state index in [-0.39, 0.29) is 36.3 Å². The summed E-state index contributed by atoms with van der Waals surface area (Å²) in [5.74, 6) is 0.331. The molecule has 2 aliphatic rings. The minimum atomic E-state index is -0.370. The molecule has 1 atom stereocenters. The Morgan fingerprint density at radius 2 is 2.06 bits per heavy atom. The van der Waals surface area contributed by atoms with Gasteiger partial charge in [0.15, 0.2) is 0 Å². The number of nitrogens with two attached hydrogens (primary N) is 1. The smallest absolute Gasteiger partial charge is 0.346 e. The number of amidine groups is 1. The van der Waals surface area contributed by atoms with Crippen LogP contribution in [-0.2, 0) is 4.79 Å². The summed E-state index contributed by atoms with van der Waals surface area (Å²) in [6.07, 6.45) is 2.37. The molecule has 1 unspecified atom stereocenters. The first kappa shape index (κ1) is 12.9. The van der Waals surface area contributed by atoms with E-state index in [0.717, 1.165) is 25.9 Å². The van der Waals surface area contributed by atoms with Gasteiger partial charge in [-0.25, -0.2) is 4.79 Å². The van der Waals surface area contributed by atoms with Crippen molar-refractivity contribution in [3.63, 3.8) is 0 Å². The maximum Gasteiger partial charge on any atom is 0.346 e. The lowest BCUT2D eigenvalue weighted by molar-refractivity contribution is -0.130. The van der Waals surface area contributed by atoms with Crippen molar-refractivity contribution in [1.29, 1.82) is 0 Å². The van der Waals surface area contributed by atoms with Crippen LogP contribution in [0.1, 0.15) is 33.1 Å². The van der Waals surface area contributed by atoms with Crippen molar-refractivity contribution in [2.24, 2.45) is 10.7 Å². The third-order valence-electron chi connectivity index (χ3n) is 3.51. The maximum absolute atomic E-state index is 12.1. The number of amides is 3. The number of likely N-dealkylation sites (tertiary alicyclic amines) is 1. The molecule has 3 amide bonds. The second-order valence-electron chi connectivity index (χ2n) is 5.13. The fourth-order valence-corrected chi connectivity index (χ4v) is 2.56. The summed E-state index contributed by atoms with van der Waals surface area (Å²) in [6.45, 7) is 5.44. The highest BCUT2D eigenvalue weighted by Gasteiger charge is 2.37. The van der Waals surface area contributed by atoms with Gasteiger partial charge in [0.05, 0.1) is 6.42 Å². The van der Waals surface area contributed by atoms with Crippen molar-refractivity contribution >= 4 is 17.8 Å². The summed E-state index contributed by atoms with van der Waals surface area (Å²) in [7, 11) is 0. The first-order chi connectivity index (χ1) is 8.50. The molecule has 0 radical (unpaired) electrons. The van der Waals surface area contributed by atoms with Crippen LogP contribution >= 0.6 is 0 Å². The molecule has 6 heteroatoms. The zero-order valence-corrected chi connectivity index (χ0v) is 10.9. The van der Waals surface area contributed by atoms with Crippen LogP contribution in [0.2, 0.25) is 0 Å². The van der Waals surface area contributed by atoms with E-state index in [1.54, 1.807) is 4.90 Å². The molecule has 0 aliphatic carbocycles. The quantitative estimate of drug-likeness (QED) is 0.797. The van der Waals surface area contributed by atoms with Gasteiger partial charge < -0.3 is 15.5 Å². The monoisotopic (exact) mass is 252 g/mol. The highest BCUT2D eigenvalue weighted by atomic mass is 16.2. The molecule has 1 saturated heterocycles. The number of hydrogen-bond acceptors (Lipinski definition) is 3. The van der Waals surface area contributed by atoms with E-state index in [2.05, 4.69) is 4.99 Å². The van der Waals surface area contributed by atoms with Crippen molar-refractivity contribution in [2.75, 3.05) is 13.1 Å². The number of nitrogens with zero attached hydrogens (tertiary/aromatic N) is 3. The number of urea groups is 1. The fraction of sp³-hybridized carbons (Fsp3) is 0.750. The number of aliphatic imine (C=N–C) groups is 1. The van der Waals surface area contributed by atoms with Gasteiger partial charge in [-0.3, -0.25) is 4.79 Å². The minimum Gasteiger partial charge on any atom is -0.385 e. The van der Waals surface area contributed by atoms with Crippen LogP contribution in [0.25, 0.3) is 0 Å². The van der Waals surface area contributed by atoms with E-state index in [4.69, 9.17) is 5.73 Å². The zero-order valence-electron chi connectivity index (χ0n) is 10.9. The molecule has 2 heterocycles. The SMILES string of the molecule is CC(C)N1C(=O)N=C(N)C1CC(=O)N1CCCC1. The first-order valence-electron chi connectivity index (χ1n) is 6.45. The Kier molecular flexibility index (Phi) is 3.54. The van der Waals surface area contributed by atoms with Crippen LogP contribution in [0.3, 0.4) is 0 Å². The molecule has 0 bridgehead atoms. The molecular weight excluding hydrogens is 232 g/mol. The lowest BCUT2D eigenvalue weighted by Gasteiger charge is -2.28. The Hall–Kier alpha value is -1.59. The van der Waals surface area contributed by atoms with Gasteiger partial charge >= 0.3 is 6.03 Å². The van der Waals surface area contributed by atoms with Gasteiger partial charge in [-0.2, -0.15) is 4.99 Å². The summed E-state index contributed by atoms with van der Waals surface area (Å²) >= 11 is 0. The largest absolute Gasteiger partial charge is 0.385 e. The van der Waals surface area contributed by atoms with Gasteiger partial charge in [0.2, 0.25) is 5.91 Å². The molecule has 2 N–H and O–H groups in total. The Morgan fingerprint density at radius 3 is 2.61 bits per heavy atom. The molecule has 1 fully saturated rings. The summed E-state index contributed by atoms with van der Waals surface area (Å²) in [5, 5.41) is 0. The zero-order chi connectivity index (χ0) is 13.3. The van der Waals surface area contributed by atoms with Crippen molar-refractivity contribution in [2.45, 2.75) is 45.2 Å². The fourth-order valence-electron chi connectivity index (χ4n) is 2.56. The van der Waals surface area contributed by atoms with Crippen molar-refractivity contribution in [3.05, 3.63) is 0 Å². The second-order valence-corrected chi connectivity index (χ2v) is 5.13. The van der Waals surface area contributed by atoms with Crippen LogP contribution in [0.4, 0.5) is 4.79 Å². The van der Waals surface area contributed by atoms with E-state index in [1.807, 2.05) is 18.7 Å². The summed E-state index contributed by atoms with van der Waals surface area (Å²) in [4.78, 5) is 31.0. The molecule has 18 heavy (non-hydrogen) atoms. The molecule has 0 aromatic heterocycles. The van der Waals surface area contributed by atoms with Crippen molar-refractivity contribution in [1.82, 2.24) is 9.80 Å². The van der Waals surface area contributed by atoms with Crippen LogP contribution in [-0.4, -0.2) is 52.7 Å². The van der Waals surface area contributed by atoms with Crippen LogP contribution in [0.15, 0.2) is 4.99 Å². The molecule has 0 saturated carbocycles. The molecule has 0 aromatic carbocycles. The Labute approximate surface area is 107 Å². The van der Waals surface area contributed by atoms with E-state index >= 15 is 0 Å². The lowest BCUT2D eigenvalue weighted by atomic mass is 10.1. The lowest BCUT2D eigenvalue weighted by Crippen LogP contribution is -2.47.